The van der Waals surface area contributed by atoms with Crippen LogP contribution in [0.3, 0.4) is 0 Å². The number of rotatable bonds is 2. The zero-order valence-corrected chi connectivity index (χ0v) is 11.9. The van der Waals surface area contributed by atoms with Crippen molar-refractivity contribution in [2.45, 2.75) is 32.7 Å². The van der Waals surface area contributed by atoms with Crippen LogP contribution >= 0.6 is 0 Å². The van der Waals surface area contributed by atoms with Crippen LogP contribution in [0, 0.1) is 13.8 Å². The number of nitrogens with zero attached hydrogens (tertiary/aromatic N) is 1. The first kappa shape index (κ1) is 14.3. The van der Waals surface area contributed by atoms with Gasteiger partial charge >= 0.3 is 5.97 Å². The molecule has 0 bridgehead atoms. The van der Waals surface area contributed by atoms with Gasteiger partial charge in [0.2, 0.25) is 0 Å². The third-order valence-corrected chi connectivity index (χ3v) is 3.57. The highest BCUT2D eigenvalue weighted by Crippen LogP contribution is 2.21. The maximum atomic E-state index is 12.5. The highest BCUT2D eigenvalue weighted by atomic mass is 16.5. The number of pyridine rings is 1. The zero-order chi connectivity index (χ0) is 14.9. The van der Waals surface area contributed by atoms with Crippen molar-refractivity contribution in [1.82, 2.24) is 9.88 Å². The van der Waals surface area contributed by atoms with Crippen LogP contribution < -0.4 is 5.56 Å². The molecule has 6 nitrogen and oxygen atoms in total. The van der Waals surface area contributed by atoms with Crippen LogP contribution in [0.5, 0.6) is 0 Å². The summed E-state index contributed by atoms with van der Waals surface area (Å²) in [5.41, 5.74) is 1.01. The lowest BCUT2D eigenvalue weighted by atomic mass is 10.1. The maximum absolute atomic E-state index is 12.5. The molecule has 1 amide bonds. The van der Waals surface area contributed by atoms with E-state index in [2.05, 4.69) is 4.98 Å². The van der Waals surface area contributed by atoms with Crippen molar-refractivity contribution in [1.29, 1.82) is 0 Å². The van der Waals surface area contributed by atoms with Gasteiger partial charge in [-0.05, 0) is 38.3 Å². The number of aromatic amines is 1. The molecule has 20 heavy (non-hydrogen) atoms. The molecular formula is C14H18N2O4. The molecule has 0 saturated carbocycles. The first-order chi connectivity index (χ1) is 9.45. The molecule has 1 aliphatic heterocycles. The average Bonchev–Trinajstić information content (AvgIpc) is 2.85. The van der Waals surface area contributed by atoms with Crippen LogP contribution in [-0.4, -0.2) is 41.5 Å². The molecule has 2 heterocycles. The number of methoxy groups -OCH3 is 1. The van der Waals surface area contributed by atoms with Crippen molar-refractivity contribution < 1.29 is 14.3 Å². The van der Waals surface area contributed by atoms with Crippen LogP contribution in [0.1, 0.15) is 34.5 Å². The van der Waals surface area contributed by atoms with Gasteiger partial charge in [0, 0.05) is 12.2 Å². The lowest BCUT2D eigenvalue weighted by molar-refractivity contribution is -0.145. The van der Waals surface area contributed by atoms with Crippen LogP contribution in [0.15, 0.2) is 10.9 Å². The van der Waals surface area contributed by atoms with E-state index in [1.54, 1.807) is 19.9 Å². The highest BCUT2D eigenvalue weighted by molar-refractivity contribution is 5.98. The smallest absolute Gasteiger partial charge is 0.328 e. The van der Waals surface area contributed by atoms with Crippen LogP contribution in [0.4, 0.5) is 0 Å². The molecule has 1 aromatic rings. The fourth-order valence-corrected chi connectivity index (χ4v) is 2.65. The minimum Gasteiger partial charge on any atom is -0.467 e. The summed E-state index contributed by atoms with van der Waals surface area (Å²) in [6.45, 7) is 3.94. The summed E-state index contributed by atoms with van der Waals surface area (Å²) in [6, 6.07) is 1.16. The lowest BCUT2D eigenvalue weighted by Crippen LogP contribution is -2.43. The molecule has 0 aliphatic carbocycles. The van der Waals surface area contributed by atoms with Crippen molar-refractivity contribution >= 4 is 11.9 Å². The molecule has 1 aromatic heterocycles. The molecule has 108 valence electrons. The van der Waals surface area contributed by atoms with Gasteiger partial charge in [0.05, 0.1) is 7.11 Å². The SMILES string of the molecule is COC(=O)C1CCCN1C(=O)c1c(C)cc(C)[nH]c1=O. The largest absolute Gasteiger partial charge is 0.467 e. The van der Waals surface area contributed by atoms with Gasteiger partial charge in [-0.2, -0.15) is 0 Å². The summed E-state index contributed by atoms with van der Waals surface area (Å²) in [7, 11) is 1.30. The summed E-state index contributed by atoms with van der Waals surface area (Å²) < 4.78 is 4.71. The first-order valence-electron chi connectivity index (χ1n) is 6.55. The second-order valence-corrected chi connectivity index (χ2v) is 5.02. The normalized spacial score (nSPS) is 18.1. The monoisotopic (exact) mass is 278 g/mol. The number of ether oxygens (including phenoxy) is 1. The number of likely N-dealkylation sites (tertiary alicyclic amines) is 1. The number of aryl methyl sites for hydroxylation is 2. The Kier molecular flexibility index (Phi) is 3.92. The maximum Gasteiger partial charge on any atom is 0.328 e. The van der Waals surface area contributed by atoms with Gasteiger partial charge < -0.3 is 14.6 Å². The minimum atomic E-state index is -0.590. The molecule has 2 rings (SSSR count). The number of H-pyrrole nitrogens is 1. The van der Waals surface area contributed by atoms with Gasteiger partial charge in [0.1, 0.15) is 11.6 Å². The Bertz CT molecular complexity index is 606. The number of aromatic nitrogens is 1. The van der Waals surface area contributed by atoms with Crippen LogP contribution in [0.25, 0.3) is 0 Å². The summed E-state index contributed by atoms with van der Waals surface area (Å²) in [4.78, 5) is 40.2. The third-order valence-electron chi connectivity index (χ3n) is 3.57. The fourth-order valence-electron chi connectivity index (χ4n) is 2.65. The number of carbonyl (C=O) groups excluding carboxylic acids is 2. The van der Waals surface area contributed by atoms with Crippen LogP contribution in [0.2, 0.25) is 0 Å². The molecule has 1 aliphatic rings. The standard InChI is InChI=1S/C14H18N2O4/c1-8-7-9(2)15-12(17)11(8)13(18)16-6-4-5-10(16)14(19)20-3/h7,10H,4-6H2,1-3H3,(H,15,17). The summed E-state index contributed by atoms with van der Waals surface area (Å²) >= 11 is 0. The van der Waals surface area contributed by atoms with E-state index in [4.69, 9.17) is 4.74 Å². The van der Waals surface area contributed by atoms with Crippen molar-refractivity contribution in [3.63, 3.8) is 0 Å². The van der Waals surface area contributed by atoms with E-state index in [0.717, 1.165) is 6.42 Å². The molecule has 1 saturated heterocycles. The Morgan fingerprint density at radius 3 is 2.70 bits per heavy atom. The van der Waals surface area contributed by atoms with Crippen molar-refractivity contribution in [3.05, 3.63) is 33.2 Å². The number of hydrogen-bond acceptors (Lipinski definition) is 4. The van der Waals surface area contributed by atoms with E-state index in [1.165, 1.54) is 12.0 Å². The second kappa shape index (κ2) is 5.48. The highest BCUT2D eigenvalue weighted by Gasteiger charge is 2.36. The molecular weight excluding hydrogens is 260 g/mol. The van der Waals surface area contributed by atoms with E-state index in [1.807, 2.05) is 0 Å². The van der Waals surface area contributed by atoms with Gasteiger partial charge in [-0.25, -0.2) is 4.79 Å². The Labute approximate surface area is 116 Å². The number of esters is 1. The summed E-state index contributed by atoms with van der Waals surface area (Å²) in [6.07, 6.45) is 1.30. The Hall–Kier alpha value is -2.11. The van der Waals surface area contributed by atoms with E-state index in [9.17, 15) is 14.4 Å². The van der Waals surface area contributed by atoms with Crippen molar-refractivity contribution in [3.8, 4) is 0 Å². The fraction of sp³-hybridized carbons (Fsp3) is 0.500. The quantitative estimate of drug-likeness (QED) is 0.810. The lowest BCUT2D eigenvalue weighted by Gasteiger charge is -2.23. The predicted molar refractivity (Wildman–Crippen MR) is 72.6 cm³/mol. The topological polar surface area (TPSA) is 79.5 Å². The Balaban J connectivity index is 2.37. The van der Waals surface area contributed by atoms with Crippen molar-refractivity contribution in [2.24, 2.45) is 0 Å². The Morgan fingerprint density at radius 2 is 2.10 bits per heavy atom. The van der Waals surface area contributed by atoms with Gasteiger partial charge in [0.15, 0.2) is 0 Å². The predicted octanol–water partition coefficient (Wildman–Crippen LogP) is 0.769. The van der Waals surface area contributed by atoms with Crippen LogP contribution in [-0.2, 0) is 9.53 Å². The summed E-state index contributed by atoms with van der Waals surface area (Å²) in [5.74, 6) is -0.839. The van der Waals surface area contributed by atoms with E-state index < -0.39 is 23.5 Å². The molecule has 0 aromatic carbocycles. The average molecular weight is 278 g/mol. The summed E-state index contributed by atoms with van der Waals surface area (Å²) in [5, 5.41) is 0. The van der Waals surface area contributed by atoms with Gasteiger partial charge in [-0.3, -0.25) is 9.59 Å². The van der Waals surface area contributed by atoms with E-state index >= 15 is 0 Å². The number of amides is 1. The molecule has 1 atom stereocenters. The van der Waals surface area contributed by atoms with E-state index in [-0.39, 0.29) is 5.56 Å². The van der Waals surface area contributed by atoms with E-state index in [0.29, 0.717) is 24.2 Å². The minimum absolute atomic E-state index is 0.103. The van der Waals surface area contributed by atoms with Gasteiger partial charge in [0.25, 0.3) is 11.5 Å². The first-order valence-corrected chi connectivity index (χ1v) is 6.55. The molecule has 0 radical (unpaired) electrons. The Morgan fingerprint density at radius 1 is 1.40 bits per heavy atom. The number of carbonyl (C=O) groups is 2. The molecule has 1 N–H and O–H groups in total. The molecule has 6 heteroatoms. The van der Waals surface area contributed by atoms with Gasteiger partial charge in [-0.1, -0.05) is 0 Å². The van der Waals surface area contributed by atoms with Crippen molar-refractivity contribution in [2.75, 3.05) is 13.7 Å². The zero-order valence-electron chi connectivity index (χ0n) is 11.9. The third kappa shape index (κ3) is 2.45. The molecule has 0 spiro atoms. The van der Waals surface area contributed by atoms with Gasteiger partial charge in [-0.15, -0.1) is 0 Å². The molecule has 1 fully saturated rings. The number of hydrogen-bond donors (Lipinski definition) is 1. The second-order valence-electron chi connectivity index (χ2n) is 5.02. The number of nitrogens with one attached hydrogen (secondary N) is 1. The molecule has 1 unspecified atom stereocenters.